The molecule has 15 nitrogen and oxygen atoms in total. The van der Waals surface area contributed by atoms with Crippen molar-refractivity contribution >= 4 is 35.6 Å². The summed E-state index contributed by atoms with van der Waals surface area (Å²) in [7, 11) is 0. The number of esters is 4. The third-order valence-corrected chi connectivity index (χ3v) is 13.5. The number of nitrogens with one attached hydrogen (secondary N) is 1. The van der Waals surface area contributed by atoms with Crippen LogP contribution in [0.2, 0.25) is 0 Å². The van der Waals surface area contributed by atoms with Crippen molar-refractivity contribution in [2.75, 3.05) is 6.61 Å². The molecule has 15 heteroatoms. The second-order valence-corrected chi connectivity index (χ2v) is 17.4. The molecule has 4 N–H and O–H groups in total. The van der Waals surface area contributed by atoms with Gasteiger partial charge in [0, 0.05) is 37.7 Å². The summed E-state index contributed by atoms with van der Waals surface area (Å²) in [6.45, 7) is 7.97. The van der Waals surface area contributed by atoms with Crippen LogP contribution in [0.5, 0.6) is 0 Å². The van der Waals surface area contributed by atoms with Gasteiger partial charge in [0.15, 0.2) is 23.6 Å². The number of hydrogen-bond acceptors (Lipinski definition) is 14. The Kier molecular flexibility index (Phi) is 11.8. The van der Waals surface area contributed by atoms with E-state index in [1.54, 1.807) is 92.7 Å². The molecule has 1 aliphatic heterocycles. The zero-order chi connectivity index (χ0) is 44.9. The molecule has 2 bridgehead atoms. The van der Waals surface area contributed by atoms with Crippen LogP contribution in [0.3, 0.4) is 0 Å². The fourth-order valence-electron chi connectivity index (χ4n) is 10.2. The van der Waals surface area contributed by atoms with Crippen LogP contribution < -0.4 is 5.32 Å². The monoisotopic (exact) mass is 853 g/mol. The van der Waals surface area contributed by atoms with Crippen LogP contribution in [0.4, 0.5) is 0 Å². The van der Waals surface area contributed by atoms with Crippen molar-refractivity contribution in [2.45, 2.75) is 108 Å². The minimum Gasteiger partial charge on any atom is -0.456 e. The lowest BCUT2D eigenvalue weighted by Gasteiger charge is -2.67. The second-order valence-electron chi connectivity index (χ2n) is 17.4. The highest BCUT2D eigenvalue weighted by Gasteiger charge is 2.78. The molecule has 1 saturated heterocycles. The maximum absolute atomic E-state index is 15.5. The van der Waals surface area contributed by atoms with Gasteiger partial charge < -0.3 is 44.3 Å². The molecule has 328 valence electrons. The highest BCUT2D eigenvalue weighted by atomic mass is 16.6. The highest BCUT2D eigenvalue weighted by molar-refractivity contribution is 5.96. The van der Waals surface area contributed by atoms with E-state index >= 15 is 4.79 Å². The Morgan fingerprint density at radius 1 is 0.823 bits per heavy atom. The fraction of sp³-hybridized carbons (Fsp3) is 0.447. The number of ether oxygens (including phenoxy) is 5. The molecule has 3 aromatic carbocycles. The molecule has 3 fully saturated rings. The maximum Gasteiger partial charge on any atom is 0.338 e. The van der Waals surface area contributed by atoms with Crippen LogP contribution in [-0.2, 0) is 42.9 Å². The number of aliphatic hydroxyl groups excluding tert-OH is 2. The molecule has 1 heterocycles. The van der Waals surface area contributed by atoms with Crippen LogP contribution in [-0.4, -0.2) is 105 Å². The smallest absolute Gasteiger partial charge is 0.338 e. The predicted octanol–water partition coefficient (Wildman–Crippen LogP) is 3.74. The third-order valence-electron chi connectivity index (χ3n) is 13.5. The first-order valence-electron chi connectivity index (χ1n) is 20.5. The number of hydrogen-bond donors (Lipinski definition) is 4. The van der Waals surface area contributed by atoms with E-state index in [0.717, 1.165) is 13.8 Å². The molecule has 11 atom stereocenters. The van der Waals surface area contributed by atoms with Crippen molar-refractivity contribution in [3.05, 3.63) is 119 Å². The lowest BCUT2D eigenvalue weighted by molar-refractivity contribution is -0.346. The molecular formula is C47H51NO14. The Balaban J connectivity index is 1.39. The second kappa shape index (κ2) is 16.5. The Hall–Kier alpha value is -5.74. The first kappa shape index (κ1) is 44.3. The molecule has 7 rings (SSSR count). The molecule has 0 radical (unpaired) electrons. The average molecular weight is 854 g/mol. The topological polar surface area (TPSA) is 221 Å². The molecule has 1 amide bonds. The number of carbonyl (C=O) groups is 6. The molecular weight excluding hydrogens is 803 g/mol. The molecule has 2 saturated carbocycles. The Morgan fingerprint density at radius 2 is 1.40 bits per heavy atom. The molecule has 4 aliphatic rings. The normalized spacial score (nSPS) is 31.9. The number of ketones is 1. The van der Waals surface area contributed by atoms with Crippen LogP contribution in [0.25, 0.3) is 0 Å². The Morgan fingerprint density at radius 3 is 1.95 bits per heavy atom. The largest absolute Gasteiger partial charge is 0.456 e. The van der Waals surface area contributed by atoms with E-state index in [0.29, 0.717) is 5.56 Å². The SMILES string of the molecule is CC(=O)O[C@H]1C(=O)[C@@]2(C)C(C(OC(=O)c3ccccc3)[C@]3(O)CC(OC(=O)C(O)C(NC(=O)c4ccccc4)c4ccccc4)C(C)=C1C3(C)C)C1(OC(C)=O)CO[C@@H]1C[C@@H]2O. The van der Waals surface area contributed by atoms with Crippen molar-refractivity contribution in [1.29, 1.82) is 0 Å². The summed E-state index contributed by atoms with van der Waals surface area (Å²) >= 11 is 0. The van der Waals surface area contributed by atoms with Gasteiger partial charge in [-0.15, -0.1) is 0 Å². The van der Waals surface area contributed by atoms with E-state index in [4.69, 9.17) is 23.7 Å². The first-order chi connectivity index (χ1) is 29.3. The number of carbonyl (C=O) groups excluding carboxylic acids is 6. The van der Waals surface area contributed by atoms with Crippen molar-refractivity contribution in [2.24, 2.45) is 16.7 Å². The standard InChI is InChI=1S/C47H51NO14/c1-25-31(60-43(56)36(52)35(28-16-10-7-11-17-28)48-41(54)29-18-12-8-13-19-29)23-47(57)40(61-42(55)30-20-14-9-15-21-30)38-45(6,32(51)22-33-46(38,24-58-33)62-27(3)50)39(53)37(59-26(2)49)34(25)44(47,4)5/h7-21,31-33,35-38,40,51-52,57H,22-24H2,1-6H3,(H,48,54)/t31?,32-,33+,35?,36?,37+,38?,40?,45+,46?,47+/m0/s1. The predicted molar refractivity (Wildman–Crippen MR) is 218 cm³/mol. The summed E-state index contributed by atoms with van der Waals surface area (Å²) in [5, 5.41) is 40.2. The summed E-state index contributed by atoms with van der Waals surface area (Å²) in [5.41, 5.74) is -7.02. The Bertz CT molecular complexity index is 2280. The molecule has 3 aromatic rings. The van der Waals surface area contributed by atoms with Crippen LogP contribution in [0.15, 0.2) is 102 Å². The van der Waals surface area contributed by atoms with Crippen molar-refractivity contribution in [1.82, 2.24) is 5.32 Å². The van der Waals surface area contributed by atoms with E-state index in [9.17, 15) is 39.3 Å². The van der Waals surface area contributed by atoms with Crippen molar-refractivity contribution < 1.29 is 67.8 Å². The maximum atomic E-state index is 15.5. The first-order valence-corrected chi connectivity index (χ1v) is 20.5. The van der Waals surface area contributed by atoms with Gasteiger partial charge in [-0.05, 0) is 54.8 Å². The van der Waals surface area contributed by atoms with Crippen molar-refractivity contribution in [3.8, 4) is 0 Å². The highest BCUT2D eigenvalue weighted by Crippen LogP contribution is 2.64. The summed E-state index contributed by atoms with van der Waals surface area (Å²) in [6, 6.07) is 22.9. The average Bonchev–Trinajstić information content (AvgIpc) is 3.24. The van der Waals surface area contributed by atoms with Gasteiger partial charge in [-0.25, -0.2) is 9.59 Å². The quantitative estimate of drug-likeness (QED) is 0.130. The minimum atomic E-state index is -2.39. The van der Waals surface area contributed by atoms with E-state index in [2.05, 4.69) is 5.32 Å². The summed E-state index contributed by atoms with van der Waals surface area (Å²) in [6.07, 6.45) is -10.5. The molecule has 0 aromatic heterocycles. The zero-order valence-corrected chi connectivity index (χ0v) is 35.2. The number of aliphatic hydroxyl groups is 3. The molecule has 6 unspecified atom stereocenters. The third kappa shape index (κ3) is 7.29. The Labute approximate surface area is 358 Å². The zero-order valence-electron chi connectivity index (χ0n) is 35.2. The van der Waals surface area contributed by atoms with Gasteiger partial charge in [0.05, 0.1) is 35.6 Å². The summed E-state index contributed by atoms with van der Waals surface area (Å²) in [4.78, 5) is 83.5. The van der Waals surface area contributed by atoms with Gasteiger partial charge in [0.25, 0.3) is 5.91 Å². The van der Waals surface area contributed by atoms with Crippen molar-refractivity contribution in [3.63, 3.8) is 0 Å². The minimum absolute atomic E-state index is 0.00289. The van der Waals surface area contributed by atoms with Gasteiger partial charge in [-0.2, -0.15) is 0 Å². The van der Waals surface area contributed by atoms with Gasteiger partial charge >= 0.3 is 23.9 Å². The van der Waals surface area contributed by atoms with Crippen LogP contribution >= 0.6 is 0 Å². The van der Waals surface area contributed by atoms with Gasteiger partial charge in [0.2, 0.25) is 0 Å². The van der Waals surface area contributed by atoms with Gasteiger partial charge in [-0.3, -0.25) is 19.2 Å². The van der Waals surface area contributed by atoms with E-state index in [1.807, 2.05) is 0 Å². The van der Waals surface area contributed by atoms with E-state index in [1.165, 1.54) is 26.0 Å². The number of Topliss-reactive ketones (excluding diaryl/α,β-unsaturated/α-hetero) is 1. The number of benzene rings is 3. The van der Waals surface area contributed by atoms with E-state index < -0.39 is 113 Å². The number of rotatable bonds is 10. The summed E-state index contributed by atoms with van der Waals surface area (Å²) in [5.74, 6) is -6.84. The molecule has 62 heavy (non-hydrogen) atoms. The van der Waals surface area contributed by atoms with Gasteiger partial charge in [-0.1, -0.05) is 80.6 Å². The van der Waals surface area contributed by atoms with Gasteiger partial charge in [0.1, 0.15) is 23.9 Å². The lowest BCUT2D eigenvalue weighted by atomic mass is 9.44. The van der Waals surface area contributed by atoms with E-state index in [-0.39, 0.29) is 35.3 Å². The molecule has 0 spiro atoms. The molecule has 3 aliphatic carbocycles. The number of amides is 1. The summed E-state index contributed by atoms with van der Waals surface area (Å²) < 4.78 is 30.3. The number of fused-ring (bicyclic) bond motifs is 5. The fourth-order valence-corrected chi connectivity index (χ4v) is 10.2. The van der Waals surface area contributed by atoms with Crippen LogP contribution in [0, 0.1) is 16.7 Å². The van der Waals surface area contributed by atoms with Crippen LogP contribution in [0.1, 0.15) is 86.7 Å². The lowest BCUT2D eigenvalue weighted by Crippen LogP contribution is -2.82.